The Balaban J connectivity index is 1.91. The fraction of sp³-hybridized carbons (Fsp3) is 0.643. The summed E-state index contributed by atoms with van der Waals surface area (Å²) in [6, 6.07) is 3.07. The van der Waals surface area contributed by atoms with Crippen molar-refractivity contribution in [3.05, 3.63) is 29.3 Å². The molecule has 2 fully saturated rings. The van der Waals surface area contributed by atoms with Gasteiger partial charge in [0.25, 0.3) is 0 Å². The molecule has 2 atom stereocenters. The first-order valence-electron chi connectivity index (χ1n) is 6.58. The van der Waals surface area contributed by atoms with Gasteiger partial charge in [-0.1, -0.05) is 6.42 Å². The van der Waals surface area contributed by atoms with Gasteiger partial charge < -0.3 is 5.11 Å². The Hall–Kier alpha value is -0.610. The lowest BCUT2D eigenvalue weighted by Gasteiger charge is -2.43. The topological polar surface area (TPSA) is 33.1 Å². The van der Waals surface area contributed by atoms with E-state index >= 15 is 0 Å². The molecule has 18 heavy (non-hydrogen) atoms. The van der Waals surface area contributed by atoms with Crippen LogP contribution in [0.4, 0.5) is 4.39 Å². The molecular formula is C14H18FNOS. The third-order valence-electron chi connectivity index (χ3n) is 4.07. The van der Waals surface area contributed by atoms with E-state index in [9.17, 15) is 9.50 Å². The monoisotopic (exact) mass is 267 g/mol. The van der Waals surface area contributed by atoms with Crippen molar-refractivity contribution in [1.29, 1.82) is 0 Å². The van der Waals surface area contributed by atoms with E-state index in [-0.39, 0.29) is 5.82 Å². The van der Waals surface area contributed by atoms with E-state index in [1.807, 2.05) is 11.8 Å². The smallest absolute Gasteiger partial charge is 0.144 e. The van der Waals surface area contributed by atoms with Gasteiger partial charge in [0.2, 0.25) is 0 Å². The molecule has 3 rings (SSSR count). The van der Waals surface area contributed by atoms with Gasteiger partial charge in [-0.2, -0.15) is 11.8 Å². The molecule has 0 radical (unpaired) electrons. The van der Waals surface area contributed by atoms with Crippen molar-refractivity contribution in [3.8, 4) is 0 Å². The number of rotatable bonds is 1. The van der Waals surface area contributed by atoms with Crippen LogP contribution in [0.25, 0.3) is 0 Å². The largest absolute Gasteiger partial charge is 0.383 e. The number of halogens is 1. The average molecular weight is 267 g/mol. The molecule has 0 saturated carbocycles. The number of hydrogen-bond donors (Lipinski definition) is 1. The summed E-state index contributed by atoms with van der Waals surface area (Å²) in [6.45, 7) is 1.65. The molecule has 0 amide bonds. The Bertz CT molecular complexity index is 453. The summed E-state index contributed by atoms with van der Waals surface area (Å²) in [7, 11) is 0. The molecule has 2 nitrogen and oxygen atoms in total. The van der Waals surface area contributed by atoms with Gasteiger partial charge in [0.05, 0.1) is 11.4 Å². The molecule has 2 aliphatic heterocycles. The lowest BCUT2D eigenvalue weighted by molar-refractivity contribution is 0.00382. The minimum Gasteiger partial charge on any atom is -0.383 e. The average Bonchev–Trinajstić information content (AvgIpc) is 2.32. The molecule has 0 aromatic carbocycles. The molecule has 98 valence electrons. The Kier molecular flexibility index (Phi) is 3.10. The number of aromatic nitrogens is 1. The summed E-state index contributed by atoms with van der Waals surface area (Å²) in [5.41, 5.74) is 0.183. The van der Waals surface area contributed by atoms with E-state index in [0.717, 1.165) is 12.8 Å². The minimum atomic E-state index is -0.848. The maximum atomic E-state index is 13.3. The highest BCUT2D eigenvalue weighted by Crippen LogP contribution is 2.49. The molecular weight excluding hydrogens is 249 g/mol. The molecule has 1 aromatic rings. The first-order chi connectivity index (χ1) is 8.57. The van der Waals surface area contributed by atoms with Crippen molar-refractivity contribution in [3.63, 3.8) is 0 Å². The fourth-order valence-electron chi connectivity index (χ4n) is 3.13. The van der Waals surface area contributed by atoms with Crippen LogP contribution in [0.3, 0.4) is 0 Å². The number of aliphatic hydroxyl groups is 1. The van der Waals surface area contributed by atoms with Gasteiger partial charge in [-0.15, -0.1) is 0 Å². The first-order valence-corrected chi connectivity index (χ1v) is 7.52. The molecule has 2 bridgehead atoms. The quantitative estimate of drug-likeness (QED) is 0.848. The SMILES string of the molecule is Cc1nc(C2(O)CC3CCCC(C2)S3)ccc1F. The van der Waals surface area contributed by atoms with Crippen LogP contribution >= 0.6 is 11.8 Å². The second-order valence-corrected chi connectivity index (χ2v) is 7.12. The van der Waals surface area contributed by atoms with Crippen LogP contribution in [-0.4, -0.2) is 20.6 Å². The molecule has 0 aliphatic carbocycles. The molecule has 1 N–H and O–H groups in total. The van der Waals surface area contributed by atoms with E-state index in [1.54, 1.807) is 13.0 Å². The highest BCUT2D eigenvalue weighted by atomic mass is 32.2. The van der Waals surface area contributed by atoms with Crippen LogP contribution in [-0.2, 0) is 5.60 Å². The molecule has 2 aliphatic rings. The van der Waals surface area contributed by atoms with E-state index in [2.05, 4.69) is 4.98 Å². The number of pyridine rings is 1. The Morgan fingerprint density at radius 3 is 2.61 bits per heavy atom. The fourth-order valence-corrected chi connectivity index (χ4v) is 5.02. The highest BCUT2D eigenvalue weighted by molar-refractivity contribution is 8.00. The van der Waals surface area contributed by atoms with Gasteiger partial charge in [0.1, 0.15) is 11.4 Å². The van der Waals surface area contributed by atoms with Crippen molar-refractivity contribution < 1.29 is 9.50 Å². The maximum absolute atomic E-state index is 13.3. The van der Waals surface area contributed by atoms with Gasteiger partial charge in [-0.05, 0) is 44.7 Å². The minimum absolute atomic E-state index is 0.298. The zero-order valence-corrected chi connectivity index (χ0v) is 11.3. The molecule has 1 aromatic heterocycles. The van der Waals surface area contributed by atoms with Gasteiger partial charge in [-0.25, -0.2) is 4.39 Å². The van der Waals surface area contributed by atoms with Crippen LogP contribution < -0.4 is 0 Å². The van der Waals surface area contributed by atoms with Gasteiger partial charge in [0.15, 0.2) is 0 Å². The maximum Gasteiger partial charge on any atom is 0.144 e. The normalized spacial score (nSPS) is 35.5. The summed E-state index contributed by atoms with van der Waals surface area (Å²) in [5.74, 6) is -0.298. The van der Waals surface area contributed by atoms with Crippen LogP contribution in [0.1, 0.15) is 43.5 Å². The second kappa shape index (κ2) is 4.49. The van der Waals surface area contributed by atoms with E-state index in [0.29, 0.717) is 21.9 Å². The molecule has 2 saturated heterocycles. The number of thioether (sulfide) groups is 1. The van der Waals surface area contributed by atoms with Gasteiger partial charge >= 0.3 is 0 Å². The molecule has 2 unspecified atom stereocenters. The number of fused-ring (bicyclic) bond motifs is 2. The van der Waals surface area contributed by atoms with Crippen molar-refractivity contribution in [2.75, 3.05) is 0 Å². The predicted octanol–water partition coefficient (Wildman–Crippen LogP) is 3.16. The van der Waals surface area contributed by atoms with E-state index < -0.39 is 5.60 Å². The Labute approximate surface area is 111 Å². The van der Waals surface area contributed by atoms with Crippen LogP contribution in [0, 0.1) is 12.7 Å². The van der Waals surface area contributed by atoms with Crippen LogP contribution in [0.5, 0.6) is 0 Å². The lowest BCUT2D eigenvalue weighted by Crippen LogP contribution is -2.41. The summed E-state index contributed by atoms with van der Waals surface area (Å²) >= 11 is 2.02. The number of hydrogen-bond acceptors (Lipinski definition) is 3. The van der Waals surface area contributed by atoms with Crippen molar-refractivity contribution in [2.45, 2.75) is 55.1 Å². The van der Waals surface area contributed by atoms with Crippen LogP contribution in [0.2, 0.25) is 0 Å². The van der Waals surface area contributed by atoms with Crippen molar-refractivity contribution in [1.82, 2.24) is 4.98 Å². The van der Waals surface area contributed by atoms with Crippen molar-refractivity contribution in [2.24, 2.45) is 0 Å². The standard InChI is InChI=1S/C14H18FNOS/c1-9-12(15)5-6-13(16-9)14(17)7-10-3-2-4-11(8-14)18-10/h5-6,10-11,17H,2-4,7-8H2,1H3. The van der Waals surface area contributed by atoms with Gasteiger partial charge in [0, 0.05) is 10.5 Å². The van der Waals surface area contributed by atoms with Gasteiger partial charge in [-0.3, -0.25) is 4.98 Å². The molecule has 3 heterocycles. The Morgan fingerprint density at radius 2 is 2.00 bits per heavy atom. The summed E-state index contributed by atoms with van der Waals surface area (Å²) in [6.07, 6.45) is 5.15. The third-order valence-corrected chi connectivity index (χ3v) is 5.64. The lowest BCUT2D eigenvalue weighted by atomic mass is 9.83. The zero-order valence-electron chi connectivity index (χ0n) is 10.5. The number of nitrogens with zero attached hydrogens (tertiary/aromatic N) is 1. The number of aryl methyl sites for hydroxylation is 1. The summed E-state index contributed by atoms with van der Waals surface area (Å²) < 4.78 is 13.3. The zero-order chi connectivity index (χ0) is 12.8. The highest BCUT2D eigenvalue weighted by Gasteiger charge is 2.43. The molecule has 0 spiro atoms. The Morgan fingerprint density at radius 1 is 1.33 bits per heavy atom. The third kappa shape index (κ3) is 2.16. The van der Waals surface area contributed by atoms with E-state index in [4.69, 9.17) is 0 Å². The first kappa shape index (κ1) is 12.4. The summed E-state index contributed by atoms with van der Waals surface area (Å²) in [4.78, 5) is 4.26. The second-order valence-electron chi connectivity index (χ2n) is 5.51. The van der Waals surface area contributed by atoms with Crippen molar-refractivity contribution >= 4 is 11.8 Å². The molecule has 4 heteroatoms. The predicted molar refractivity (Wildman–Crippen MR) is 71.1 cm³/mol. The van der Waals surface area contributed by atoms with Crippen LogP contribution in [0.15, 0.2) is 12.1 Å². The van der Waals surface area contributed by atoms with E-state index in [1.165, 1.54) is 25.3 Å². The summed E-state index contributed by atoms with van der Waals surface area (Å²) in [5, 5.41) is 11.9.